The zero-order valence-electron chi connectivity index (χ0n) is 13.4. The lowest BCUT2D eigenvalue weighted by Crippen LogP contribution is -2.33. The maximum Gasteiger partial charge on any atom is 0.401 e. The van der Waals surface area contributed by atoms with Gasteiger partial charge in [-0.05, 0) is 43.1 Å². The molecule has 130 valence electrons. The second-order valence-electron chi connectivity index (χ2n) is 5.83. The molecule has 1 atom stereocenters. The smallest absolute Gasteiger partial charge is 0.401 e. The number of nitrogens with zero attached hydrogens (tertiary/aromatic N) is 1. The highest BCUT2D eigenvalue weighted by Gasteiger charge is 2.34. The largest absolute Gasteiger partial charge is 0.493 e. The van der Waals surface area contributed by atoms with Gasteiger partial charge in [-0.15, -0.1) is 0 Å². The predicted molar refractivity (Wildman–Crippen MR) is 81.9 cm³/mol. The summed E-state index contributed by atoms with van der Waals surface area (Å²) in [4.78, 5) is 1.47. The van der Waals surface area contributed by atoms with Crippen LogP contribution in [0.2, 0.25) is 0 Å². The number of ether oxygens (including phenoxy) is 2. The van der Waals surface area contributed by atoms with Gasteiger partial charge >= 0.3 is 6.18 Å². The van der Waals surface area contributed by atoms with Gasteiger partial charge in [0, 0.05) is 13.1 Å². The summed E-state index contributed by atoms with van der Waals surface area (Å²) in [7, 11) is 3.17. The number of halogens is 3. The molecule has 1 saturated heterocycles. The third-order valence-electron chi connectivity index (χ3n) is 3.98. The first-order chi connectivity index (χ1) is 10.9. The van der Waals surface area contributed by atoms with E-state index in [-0.39, 0.29) is 5.92 Å². The Kier molecular flexibility index (Phi) is 6.12. The molecule has 0 aromatic heterocycles. The minimum absolute atomic E-state index is 0.262. The molecular weight excluding hydrogens is 309 g/mol. The van der Waals surface area contributed by atoms with Crippen LogP contribution in [0.5, 0.6) is 11.5 Å². The average molecular weight is 332 g/mol. The highest BCUT2D eigenvalue weighted by molar-refractivity contribution is 5.42. The average Bonchev–Trinajstić information content (AvgIpc) is 2.92. The fraction of sp³-hybridized carbons (Fsp3) is 0.625. The Bertz CT molecular complexity index is 509. The lowest BCUT2D eigenvalue weighted by atomic mass is 10.1. The number of hydrogen-bond donors (Lipinski definition) is 1. The SMILES string of the molecule is COc1ccc(CNC[C@H]2CCN(CC(F)(F)F)C2)cc1OC. The molecule has 2 rings (SSSR count). The summed E-state index contributed by atoms with van der Waals surface area (Å²) < 4.78 is 47.5. The van der Waals surface area contributed by atoms with Crippen molar-refractivity contribution in [2.24, 2.45) is 5.92 Å². The van der Waals surface area contributed by atoms with Crippen LogP contribution in [0.1, 0.15) is 12.0 Å². The van der Waals surface area contributed by atoms with Crippen molar-refractivity contribution in [3.05, 3.63) is 23.8 Å². The number of likely N-dealkylation sites (tertiary alicyclic amines) is 1. The van der Waals surface area contributed by atoms with Crippen molar-refractivity contribution in [3.8, 4) is 11.5 Å². The van der Waals surface area contributed by atoms with E-state index in [0.717, 1.165) is 12.0 Å². The summed E-state index contributed by atoms with van der Waals surface area (Å²) in [6.45, 7) is 1.57. The van der Waals surface area contributed by atoms with Gasteiger partial charge in [0.1, 0.15) is 0 Å². The van der Waals surface area contributed by atoms with Crippen molar-refractivity contribution in [1.29, 1.82) is 0 Å². The Balaban J connectivity index is 1.75. The molecule has 0 amide bonds. The van der Waals surface area contributed by atoms with Crippen molar-refractivity contribution < 1.29 is 22.6 Å². The van der Waals surface area contributed by atoms with Crippen LogP contribution in [0, 0.1) is 5.92 Å². The van der Waals surface area contributed by atoms with Crippen molar-refractivity contribution >= 4 is 0 Å². The molecular formula is C16H23F3N2O2. The van der Waals surface area contributed by atoms with Crippen LogP contribution in [-0.4, -0.2) is 51.5 Å². The van der Waals surface area contributed by atoms with Crippen LogP contribution in [0.4, 0.5) is 13.2 Å². The summed E-state index contributed by atoms with van der Waals surface area (Å²) >= 11 is 0. The molecule has 1 aromatic rings. The van der Waals surface area contributed by atoms with Gasteiger partial charge in [-0.2, -0.15) is 13.2 Å². The van der Waals surface area contributed by atoms with Crippen LogP contribution in [0.25, 0.3) is 0 Å². The number of rotatable bonds is 7. The molecule has 1 heterocycles. The molecule has 7 heteroatoms. The summed E-state index contributed by atoms with van der Waals surface area (Å²) in [6, 6.07) is 5.69. The molecule has 1 fully saturated rings. The second kappa shape index (κ2) is 7.88. The molecule has 1 aromatic carbocycles. The van der Waals surface area contributed by atoms with Gasteiger partial charge in [0.25, 0.3) is 0 Å². The van der Waals surface area contributed by atoms with Gasteiger partial charge in [-0.3, -0.25) is 4.90 Å². The second-order valence-corrected chi connectivity index (χ2v) is 5.83. The standard InChI is InChI=1S/C16H23F3N2O2/c1-22-14-4-3-12(7-15(14)23-2)8-20-9-13-5-6-21(10-13)11-16(17,18)19/h3-4,7,13,20H,5-6,8-11H2,1-2H3/t13-/m1/s1. The number of hydrogen-bond acceptors (Lipinski definition) is 4. The zero-order valence-corrected chi connectivity index (χ0v) is 13.4. The predicted octanol–water partition coefficient (Wildman–Crippen LogP) is 2.68. The van der Waals surface area contributed by atoms with Gasteiger partial charge in [0.05, 0.1) is 20.8 Å². The monoisotopic (exact) mass is 332 g/mol. The summed E-state index contributed by atoms with van der Waals surface area (Å²) in [6.07, 6.45) is -3.31. The van der Waals surface area contributed by atoms with Gasteiger partial charge in [0.2, 0.25) is 0 Å². The van der Waals surface area contributed by atoms with Crippen molar-refractivity contribution in [1.82, 2.24) is 10.2 Å². The van der Waals surface area contributed by atoms with E-state index in [1.807, 2.05) is 18.2 Å². The summed E-state index contributed by atoms with van der Waals surface area (Å²) in [5.41, 5.74) is 1.05. The molecule has 4 nitrogen and oxygen atoms in total. The first-order valence-corrected chi connectivity index (χ1v) is 7.62. The molecule has 0 aliphatic carbocycles. The maximum atomic E-state index is 12.4. The third-order valence-corrected chi connectivity index (χ3v) is 3.98. The number of nitrogens with one attached hydrogen (secondary N) is 1. The Morgan fingerprint density at radius 3 is 2.61 bits per heavy atom. The highest BCUT2D eigenvalue weighted by Crippen LogP contribution is 2.27. The fourth-order valence-electron chi connectivity index (χ4n) is 2.89. The zero-order chi connectivity index (χ0) is 16.9. The Labute approximate surface area is 134 Å². The number of methoxy groups -OCH3 is 2. The van der Waals surface area contributed by atoms with E-state index in [4.69, 9.17) is 9.47 Å². The van der Waals surface area contributed by atoms with E-state index in [2.05, 4.69) is 5.32 Å². The molecule has 1 aliphatic heterocycles. The van der Waals surface area contributed by atoms with Gasteiger partial charge in [-0.25, -0.2) is 0 Å². The van der Waals surface area contributed by atoms with E-state index >= 15 is 0 Å². The van der Waals surface area contributed by atoms with Crippen LogP contribution < -0.4 is 14.8 Å². The molecule has 1 aliphatic rings. The lowest BCUT2D eigenvalue weighted by Gasteiger charge is -2.18. The van der Waals surface area contributed by atoms with Crippen LogP contribution in [-0.2, 0) is 6.54 Å². The van der Waals surface area contributed by atoms with E-state index in [9.17, 15) is 13.2 Å². The first-order valence-electron chi connectivity index (χ1n) is 7.62. The van der Waals surface area contributed by atoms with Crippen LogP contribution in [0.3, 0.4) is 0 Å². The fourth-order valence-corrected chi connectivity index (χ4v) is 2.89. The van der Waals surface area contributed by atoms with Crippen molar-refractivity contribution in [3.63, 3.8) is 0 Å². The minimum Gasteiger partial charge on any atom is -0.493 e. The summed E-state index contributed by atoms with van der Waals surface area (Å²) in [5, 5.41) is 3.31. The molecule has 0 saturated carbocycles. The maximum absolute atomic E-state index is 12.4. The normalized spacial score (nSPS) is 19.1. The Hall–Kier alpha value is -1.47. The van der Waals surface area contributed by atoms with Crippen LogP contribution in [0.15, 0.2) is 18.2 Å². The van der Waals surface area contributed by atoms with E-state index < -0.39 is 12.7 Å². The van der Waals surface area contributed by atoms with Crippen molar-refractivity contribution in [2.45, 2.75) is 19.1 Å². The summed E-state index contributed by atoms with van der Waals surface area (Å²) in [5.74, 6) is 1.61. The molecule has 0 spiro atoms. The van der Waals surface area contributed by atoms with Crippen LogP contribution >= 0.6 is 0 Å². The minimum atomic E-state index is -4.11. The van der Waals surface area contributed by atoms with E-state index in [1.165, 1.54) is 4.90 Å². The van der Waals surface area contributed by atoms with E-state index in [0.29, 0.717) is 37.7 Å². The number of benzene rings is 1. The Morgan fingerprint density at radius 2 is 1.96 bits per heavy atom. The lowest BCUT2D eigenvalue weighted by molar-refractivity contribution is -0.143. The highest BCUT2D eigenvalue weighted by atomic mass is 19.4. The first kappa shape index (κ1) is 17.9. The van der Waals surface area contributed by atoms with Gasteiger partial charge in [-0.1, -0.05) is 6.07 Å². The number of alkyl halides is 3. The van der Waals surface area contributed by atoms with Crippen molar-refractivity contribution in [2.75, 3.05) is 40.4 Å². The third kappa shape index (κ3) is 5.58. The molecule has 1 N–H and O–H groups in total. The quantitative estimate of drug-likeness (QED) is 0.832. The van der Waals surface area contributed by atoms with E-state index in [1.54, 1.807) is 14.2 Å². The topological polar surface area (TPSA) is 33.7 Å². The Morgan fingerprint density at radius 1 is 1.22 bits per heavy atom. The van der Waals surface area contributed by atoms with Gasteiger partial charge < -0.3 is 14.8 Å². The molecule has 0 unspecified atom stereocenters. The molecule has 23 heavy (non-hydrogen) atoms. The van der Waals surface area contributed by atoms with Gasteiger partial charge in [0.15, 0.2) is 11.5 Å². The molecule has 0 bridgehead atoms. The molecule has 0 radical (unpaired) electrons.